The van der Waals surface area contributed by atoms with Crippen molar-refractivity contribution >= 4 is 12.1 Å². The maximum atomic E-state index is 10.9. The molecule has 0 saturated carbocycles. The minimum atomic E-state index is -0.912. The number of nitrogens with zero attached hydrogens (tertiary/aromatic N) is 2. The van der Waals surface area contributed by atoms with Crippen molar-refractivity contribution in [3.8, 4) is 17.6 Å². The second-order valence-electron chi connectivity index (χ2n) is 5.09. The van der Waals surface area contributed by atoms with Crippen molar-refractivity contribution in [3.05, 3.63) is 65.7 Å². The molecule has 3 N–H and O–H groups in total. The molecule has 0 aliphatic rings. The molecule has 0 aliphatic carbocycles. The first-order valence-electron chi connectivity index (χ1n) is 7.23. The second kappa shape index (κ2) is 7.81. The SMILES string of the molecule is C[C@H](C=Cc1cccc(Oc2ccc(C#N)cc2)c1)N(O)C(N)=O. The average Bonchev–Trinajstić information content (AvgIpc) is 2.60. The lowest BCUT2D eigenvalue weighted by Gasteiger charge is -2.16. The van der Waals surface area contributed by atoms with Crippen LogP contribution in [0.25, 0.3) is 6.08 Å². The second-order valence-corrected chi connectivity index (χ2v) is 5.09. The summed E-state index contributed by atoms with van der Waals surface area (Å²) in [6.07, 6.45) is 3.40. The molecule has 0 heterocycles. The fourth-order valence-electron chi connectivity index (χ4n) is 1.95. The van der Waals surface area contributed by atoms with E-state index >= 15 is 0 Å². The molecule has 0 bridgehead atoms. The van der Waals surface area contributed by atoms with Crippen molar-refractivity contribution in [1.29, 1.82) is 5.26 Å². The van der Waals surface area contributed by atoms with E-state index in [2.05, 4.69) is 0 Å². The number of rotatable bonds is 5. The van der Waals surface area contributed by atoms with E-state index in [9.17, 15) is 10.0 Å². The van der Waals surface area contributed by atoms with Gasteiger partial charge in [-0.1, -0.05) is 24.3 Å². The van der Waals surface area contributed by atoms with Gasteiger partial charge in [-0.15, -0.1) is 0 Å². The first-order valence-corrected chi connectivity index (χ1v) is 7.23. The van der Waals surface area contributed by atoms with Crippen LogP contribution in [0.5, 0.6) is 11.5 Å². The summed E-state index contributed by atoms with van der Waals surface area (Å²) in [5, 5.41) is 18.7. The number of benzene rings is 2. The molecule has 0 saturated heterocycles. The number of urea groups is 1. The summed E-state index contributed by atoms with van der Waals surface area (Å²) in [6.45, 7) is 1.64. The van der Waals surface area contributed by atoms with Crippen LogP contribution in [0.1, 0.15) is 18.1 Å². The minimum Gasteiger partial charge on any atom is -0.457 e. The van der Waals surface area contributed by atoms with Gasteiger partial charge in [0, 0.05) is 0 Å². The van der Waals surface area contributed by atoms with E-state index in [0.29, 0.717) is 22.1 Å². The lowest BCUT2D eigenvalue weighted by molar-refractivity contribution is -0.0560. The molecule has 2 amide bonds. The highest BCUT2D eigenvalue weighted by molar-refractivity contribution is 5.71. The van der Waals surface area contributed by atoms with E-state index in [-0.39, 0.29) is 0 Å². The number of primary amides is 1. The fourth-order valence-corrected chi connectivity index (χ4v) is 1.95. The van der Waals surface area contributed by atoms with E-state index in [1.165, 1.54) is 0 Å². The van der Waals surface area contributed by atoms with Gasteiger partial charge in [-0.05, 0) is 48.9 Å². The van der Waals surface area contributed by atoms with Crippen LogP contribution >= 0.6 is 0 Å². The Kier molecular flexibility index (Phi) is 5.55. The molecule has 2 aromatic carbocycles. The first-order chi connectivity index (χ1) is 11.5. The van der Waals surface area contributed by atoms with Gasteiger partial charge in [-0.25, -0.2) is 4.79 Å². The molecule has 0 unspecified atom stereocenters. The van der Waals surface area contributed by atoms with Gasteiger partial charge in [0.1, 0.15) is 11.5 Å². The lowest BCUT2D eigenvalue weighted by atomic mass is 10.1. The number of carbonyl (C=O) groups is 1. The molecule has 0 radical (unpaired) electrons. The number of hydrogen-bond acceptors (Lipinski definition) is 4. The molecular formula is C18H17N3O3. The molecule has 6 nitrogen and oxygen atoms in total. The quantitative estimate of drug-likeness (QED) is 0.649. The van der Waals surface area contributed by atoms with Crippen molar-refractivity contribution in [2.45, 2.75) is 13.0 Å². The topological polar surface area (TPSA) is 99.6 Å². The molecule has 0 aromatic heterocycles. The van der Waals surface area contributed by atoms with Crippen LogP contribution < -0.4 is 10.5 Å². The van der Waals surface area contributed by atoms with Crippen molar-refractivity contribution in [3.63, 3.8) is 0 Å². The Balaban J connectivity index is 2.08. The number of hydroxylamine groups is 2. The van der Waals surface area contributed by atoms with E-state index < -0.39 is 12.1 Å². The number of ether oxygens (including phenoxy) is 1. The number of amides is 2. The summed E-state index contributed by atoms with van der Waals surface area (Å²) in [7, 11) is 0. The zero-order chi connectivity index (χ0) is 17.5. The van der Waals surface area contributed by atoms with Crippen LogP contribution in [0.3, 0.4) is 0 Å². The number of nitrogens with two attached hydrogens (primary N) is 1. The van der Waals surface area contributed by atoms with E-state index in [1.807, 2.05) is 24.3 Å². The normalized spacial score (nSPS) is 11.7. The summed E-state index contributed by atoms with van der Waals surface area (Å²) in [5.41, 5.74) is 6.40. The maximum absolute atomic E-state index is 10.9. The molecule has 0 spiro atoms. The van der Waals surface area contributed by atoms with Gasteiger partial charge in [-0.3, -0.25) is 5.21 Å². The van der Waals surface area contributed by atoms with Crippen LogP contribution in [0.4, 0.5) is 4.79 Å². The minimum absolute atomic E-state index is 0.452. The summed E-state index contributed by atoms with van der Waals surface area (Å²) in [5.74, 6) is 1.25. The molecule has 122 valence electrons. The van der Waals surface area contributed by atoms with Crippen molar-refractivity contribution < 1.29 is 14.7 Å². The number of nitriles is 1. The Morgan fingerprint density at radius 2 is 2.00 bits per heavy atom. The molecule has 6 heteroatoms. The van der Waals surface area contributed by atoms with Gasteiger partial charge in [0.25, 0.3) is 0 Å². The fraction of sp³-hybridized carbons (Fsp3) is 0.111. The van der Waals surface area contributed by atoms with Crippen LogP contribution in [-0.4, -0.2) is 22.3 Å². The van der Waals surface area contributed by atoms with Gasteiger partial charge in [0.05, 0.1) is 17.7 Å². The Labute approximate surface area is 140 Å². The van der Waals surface area contributed by atoms with Gasteiger partial charge in [-0.2, -0.15) is 10.3 Å². The third kappa shape index (κ3) is 4.60. The Morgan fingerprint density at radius 1 is 1.29 bits per heavy atom. The molecule has 0 aliphatic heterocycles. The zero-order valence-corrected chi connectivity index (χ0v) is 13.1. The predicted octanol–water partition coefficient (Wildman–Crippen LogP) is 3.52. The number of carbonyl (C=O) groups excluding carboxylic acids is 1. The molecular weight excluding hydrogens is 306 g/mol. The summed E-state index contributed by atoms with van der Waals surface area (Å²) in [6, 6.07) is 14.7. The highest BCUT2D eigenvalue weighted by Crippen LogP contribution is 2.23. The Morgan fingerprint density at radius 3 is 2.62 bits per heavy atom. The molecule has 24 heavy (non-hydrogen) atoms. The van der Waals surface area contributed by atoms with Gasteiger partial charge in [0.2, 0.25) is 0 Å². The van der Waals surface area contributed by atoms with Crippen molar-refractivity contribution in [2.75, 3.05) is 0 Å². The molecule has 2 aromatic rings. The average molecular weight is 323 g/mol. The monoisotopic (exact) mass is 323 g/mol. The third-order valence-corrected chi connectivity index (χ3v) is 3.26. The highest BCUT2D eigenvalue weighted by atomic mass is 16.5. The van der Waals surface area contributed by atoms with Crippen molar-refractivity contribution in [1.82, 2.24) is 5.06 Å². The Hall–Kier alpha value is -3.30. The molecule has 2 rings (SSSR count). The summed E-state index contributed by atoms with van der Waals surface area (Å²) >= 11 is 0. The standard InChI is InChI=1S/C18H17N3O3/c1-13(21(23)18(20)22)5-6-14-3-2-4-17(11-14)24-16-9-7-15(12-19)8-10-16/h2-11,13,23H,1H3,(H2,20,22)/t13-/m1/s1. The highest BCUT2D eigenvalue weighted by Gasteiger charge is 2.11. The summed E-state index contributed by atoms with van der Waals surface area (Å²) in [4.78, 5) is 10.9. The van der Waals surface area contributed by atoms with Crippen LogP contribution in [0.2, 0.25) is 0 Å². The van der Waals surface area contributed by atoms with Crippen LogP contribution in [-0.2, 0) is 0 Å². The summed E-state index contributed by atoms with van der Waals surface area (Å²) < 4.78 is 5.73. The van der Waals surface area contributed by atoms with E-state index in [1.54, 1.807) is 49.4 Å². The largest absolute Gasteiger partial charge is 0.457 e. The number of hydrogen-bond donors (Lipinski definition) is 2. The first kappa shape index (κ1) is 17.1. The van der Waals surface area contributed by atoms with E-state index in [0.717, 1.165) is 5.56 Å². The maximum Gasteiger partial charge on any atom is 0.339 e. The predicted molar refractivity (Wildman–Crippen MR) is 89.4 cm³/mol. The molecule has 0 fully saturated rings. The zero-order valence-electron chi connectivity index (χ0n) is 13.1. The van der Waals surface area contributed by atoms with Gasteiger partial charge < -0.3 is 10.5 Å². The molecule has 1 atom stereocenters. The lowest BCUT2D eigenvalue weighted by Crippen LogP contribution is -2.38. The third-order valence-electron chi connectivity index (χ3n) is 3.26. The van der Waals surface area contributed by atoms with E-state index in [4.69, 9.17) is 15.7 Å². The Bertz CT molecular complexity index is 779. The van der Waals surface area contributed by atoms with Gasteiger partial charge in [0.15, 0.2) is 0 Å². The van der Waals surface area contributed by atoms with Gasteiger partial charge >= 0.3 is 6.03 Å². The van der Waals surface area contributed by atoms with Crippen molar-refractivity contribution in [2.24, 2.45) is 5.73 Å². The van der Waals surface area contributed by atoms with Crippen LogP contribution in [0, 0.1) is 11.3 Å². The smallest absolute Gasteiger partial charge is 0.339 e. The van der Waals surface area contributed by atoms with Crippen LogP contribution in [0.15, 0.2) is 54.6 Å².